The van der Waals surface area contributed by atoms with Crippen molar-refractivity contribution in [2.24, 2.45) is 5.73 Å². The van der Waals surface area contributed by atoms with Crippen LogP contribution in [0.4, 0.5) is 5.69 Å². The molecule has 15 heavy (non-hydrogen) atoms. The van der Waals surface area contributed by atoms with Crippen LogP contribution in [0.25, 0.3) is 0 Å². The molecule has 0 heterocycles. The Labute approximate surface area is 94.5 Å². The number of benzene rings is 1. The fourth-order valence-electron chi connectivity index (χ4n) is 1.02. The van der Waals surface area contributed by atoms with Gasteiger partial charge in [-0.05, 0) is 19.1 Å². The Balaban J connectivity index is 2.78. The van der Waals surface area contributed by atoms with Crippen molar-refractivity contribution in [3.8, 4) is 0 Å². The summed E-state index contributed by atoms with van der Waals surface area (Å²) in [5.41, 5.74) is 6.74. The minimum absolute atomic E-state index is 0.0467. The van der Waals surface area contributed by atoms with Crippen LogP contribution in [0.1, 0.15) is 5.56 Å². The molecule has 1 aromatic carbocycles. The summed E-state index contributed by atoms with van der Waals surface area (Å²) >= 11 is 4.54. The molecular formula is C9H12N2O2S2. The van der Waals surface area contributed by atoms with Crippen molar-refractivity contribution >= 4 is 32.9 Å². The van der Waals surface area contributed by atoms with Crippen LogP contribution < -0.4 is 10.5 Å². The third-order valence-corrected chi connectivity index (χ3v) is 3.22. The molecule has 82 valence electrons. The van der Waals surface area contributed by atoms with E-state index in [0.29, 0.717) is 5.69 Å². The lowest BCUT2D eigenvalue weighted by atomic mass is 10.2. The summed E-state index contributed by atoms with van der Waals surface area (Å²) in [6.07, 6.45) is 0. The summed E-state index contributed by atoms with van der Waals surface area (Å²) in [4.78, 5) is -0.0467. The average molecular weight is 244 g/mol. The number of hydrogen-bond donors (Lipinski definition) is 2. The number of aryl methyl sites for hydroxylation is 1. The van der Waals surface area contributed by atoms with Crippen LogP contribution in [0, 0.1) is 6.92 Å². The van der Waals surface area contributed by atoms with E-state index in [1.54, 1.807) is 12.1 Å². The lowest BCUT2D eigenvalue weighted by molar-refractivity contribution is 0.605. The molecule has 0 saturated carbocycles. The summed E-state index contributed by atoms with van der Waals surface area (Å²) in [5, 5.41) is 0. The van der Waals surface area contributed by atoms with E-state index in [1.807, 2.05) is 19.1 Å². The summed E-state index contributed by atoms with van der Waals surface area (Å²) < 4.78 is 25.2. The first-order chi connectivity index (χ1) is 6.89. The van der Waals surface area contributed by atoms with Crippen molar-refractivity contribution in [3.63, 3.8) is 0 Å². The first-order valence-electron chi connectivity index (χ1n) is 4.24. The van der Waals surface area contributed by atoms with Gasteiger partial charge in [-0.25, -0.2) is 8.42 Å². The van der Waals surface area contributed by atoms with Gasteiger partial charge in [0.15, 0.2) is 0 Å². The van der Waals surface area contributed by atoms with Crippen LogP contribution in [0.2, 0.25) is 0 Å². The van der Waals surface area contributed by atoms with Crippen LogP contribution in [0.15, 0.2) is 24.3 Å². The summed E-state index contributed by atoms with van der Waals surface area (Å²) in [6.45, 7) is 1.92. The van der Waals surface area contributed by atoms with Gasteiger partial charge >= 0.3 is 0 Å². The summed E-state index contributed by atoms with van der Waals surface area (Å²) in [6, 6.07) is 7.01. The molecule has 0 aliphatic carbocycles. The second-order valence-corrected chi connectivity index (χ2v) is 5.44. The van der Waals surface area contributed by atoms with Crippen molar-refractivity contribution < 1.29 is 8.42 Å². The Hall–Kier alpha value is -1.14. The number of thiocarbonyl (C=S) groups is 1. The molecule has 0 radical (unpaired) electrons. The fraction of sp³-hybridized carbons (Fsp3) is 0.222. The lowest BCUT2D eigenvalue weighted by Gasteiger charge is -2.06. The molecule has 0 atom stereocenters. The molecule has 0 amide bonds. The smallest absolute Gasteiger partial charge is 0.239 e. The number of hydrogen-bond acceptors (Lipinski definition) is 3. The minimum atomic E-state index is -3.46. The van der Waals surface area contributed by atoms with Gasteiger partial charge in [0.1, 0.15) is 5.75 Å². The first-order valence-corrected chi connectivity index (χ1v) is 6.30. The standard InChI is InChI=1S/C9H12N2O2S2/c1-7-2-4-8(5-3-7)11-15(12,13)6-9(10)14/h2-5,11H,6H2,1H3,(H2,10,14). The van der Waals surface area contributed by atoms with E-state index < -0.39 is 10.0 Å². The largest absolute Gasteiger partial charge is 0.392 e. The van der Waals surface area contributed by atoms with Crippen LogP contribution in [-0.2, 0) is 10.0 Å². The Morgan fingerprint density at radius 2 is 1.93 bits per heavy atom. The van der Waals surface area contributed by atoms with E-state index in [1.165, 1.54) is 0 Å². The molecule has 1 rings (SSSR count). The molecule has 0 unspecified atom stereocenters. The van der Waals surface area contributed by atoms with Gasteiger partial charge in [-0.3, -0.25) is 4.72 Å². The van der Waals surface area contributed by atoms with Crippen molar-refractivity contribution in [1.29, 1.82) is 0 Å². The van der Waals surface area contributed by atoms with Crippen molar-refractivity contribution in [2.75, 3.05) is 10.5 Å². The number of sulfonamides is 1. The molecular weight excluding hydrogens is 232 g/mol. The second kappa shape index (κ2) is 4.59. The Morgan fingerprint density at radius 1 is 1.40 bits per heavy atom. The lowest BCUT2D eigenvalue weighted by Crippen LogP contribution is -2.26. The zero-order chi connectivity index (χ0) is 11.5. The van der Waals surface area contributed by atoms with E-state index in [4.69, 9.17) is 5.73 Å². The van der Waals surface area contributed by atoms with Crippen molar-refractivity contribution in [2.45, 2.75) is 6.92 Å². The maximum Gasteiger partial charge on any atom is 0.239 e. The van der Waals surface area contributed by atoms with Gasteiger partial charge in [-0.1, -0.05) is 29.9 Å². The van der Waals surface area contributed by atoms with Crippen LogP contribution >= 0.6 is 12.2 Å². The highest BCUT2D eigenvalue weighted by Crippen LogP contribution is 2.10. The second-order valence-electron chi connectivity index (χ2n) is 3.19. The maximum atomic E-state index is 11.4. The number of rotatable bonds is 4. The normalized spacial score (nSPS) is 11.0. The molecule has 0 aliphatic heterocycles. The zero-order valence-electron chi connectivity index (χ0n) is 8.23. The number of anilines is 1. The van der Waals surface area contributed by atoms with E-state index >= 15 is 0 Å². The van der Waals surface area contributed by atoms with Gasteiger partial charge in [-0.15, -0.1) is 0 Å². The molecule has 0 spiro atoms. The topological polar surface area (TPSA) is 72.2 Å². The van der Waals surface area contributed by atoms with E-state index in [9.17, 15) is 8.42 Å². The highest BCUT2D eigenvalue weighted by molar-refractivity contribution is 7.95. The van der Waals surface area contributed by atoms with Gasteiger partial charge in [0.2, 0.25) is 10.0 Å². The molecule has 0 saturated heterocycles. The Morgan fingerprint density at radius 3 is 2.40 bits per heavy atom. The average Bonchev–Trinajstić information content (AvgIpc) is 2.06. The summed E-state index contributed by atoms with van der Waals surface area (Å²) in [5.74, 6) is -0.337. The minimum Gasteiger partial charge on any atom is -0.392 e. The molecule has 0 fully saturated rings. The fourth-order valence-corrected chi connectivity index (χ4v) is 2.43. The molecule has 4 nitrogen and oxygen atoms in total. The van der Waals surface area contributed by atoms with Crippen LogP contribution in [0.5, 0.6) is 0 Å². The Kier molecular flexibility index (Phi) is 3.65. The van der Waals surface area contributed by atoms with Gasteiger partial charge in [0.05, 0.1) is 4.99 Å². The van der Waals surface area contributed by atoms with Crippen molar-refractivity contribution in [1.82, 2.24) is 0 Å². The summed E-state index contributed by atoms with van der Waals surface area (Å²) in [7, 11) is -3.46. The number of nitrogens with one attached hydrogen (secondary N) is 1. The predicted molar refractivity (Wildman–Crippen MR) is 65.4 cm³/mol. The molecule has 0 aromatic heterocycles. The van der Waals surface area contributed by atoms with Gasteiger partial charge in [0, 0.05) is 5.69 Å². The maximum absolute atomic E-state index is 11.4. The SMILES string of the molecule is Cc1ccc(NS(=O)(=O)CC(N)=S)cc1. The highest BCUT2D eigenvalue weighted by Gasteiger charge is 2.11. The quantitative estimate of drug-likeness (QED) is 0.776. The van der Waals surface area contributed by atoms with Crippen LogP contribution in [0.3, 0.4) is 0 Å². The third kappa shape index (κ3) is 4.26. The monoisotopic (exact) mass is 244 g/mol. The van der Waals surface area contributed by atoms with E-state index in [0.717, 1.165) is 5.56 Å². The molecule has 3 N–H and O–H groups in total. The van der Waals surface area contributed by atoms with Gasteiger partial charge in [-0.2, -0.15) is 0 Å². The van der Waals surface area contributed by atoms with Gasteiger partial charge in [0.25, 0.3) is 0 Å². The van der Waals surface area contributed by atoms with Crippen LogP contribution in [-0.4, -0.2) is 19.2 Å². The van der Waals surface area contributed by atoms with Gasteiger partial charge < -0.3 is 5.73 Å². The first kappa shape index (κ1) is 11.9. The predicted octanol–water partition coefficient (Wildman–Crippen LogP) is 1.02. The third-order valence-electron chi connectivity index (χ3n) is 1.66. The van der Waals surface area contributed by atoms with Crippen molar-refractivity contribution in [3.05, 3.63) is 29.8 Å². The van der Waals surface area contributed by atoms with E-state index in [-0.39, 0.29) is 10.7 Å². The molecule has 0 aliphatic rings. The molecule has 0 bridgehead atoms. The molecule has 1 aromatic rings. The Bertz CT molecular complexity index is 452. The molecule has 6 heteroatoms. The number of nitrogens with two attached hydrogens (primary N) is 1. The highest BCUT2D eigenvalue weighted by atomic mass is 32.2. The zero-order valence-corrected chi connectivity index (χ0v) is 9.86. The van der Waals surface area contributed by atoms with E-state index in [2.05, 4.69) is 16.9 Å².